The fourth-order valence-electron chi connectivity index (χ4n) is 8.31. The maximum Gasteiger partial charge on any atom is 0.305 e. The third-order valence-corrected chi connectivity index (χ3v) is 9.84. The average molecular weight is 509 g/mol. The number of ether oxygens (including phenoxy) is 3. The minimum atomic E-state index is -0.431. The first kappa shape index (κ1) is 28.9. The summed E-state index contributed by atoms with van der Waals surface area (Å²) in [5.41, 5.74) is -0.275. The smallest absolute Gasteiger partial charge is 0.305 e. The molecule has 3 aliphatic rings. The molecule has 3 aliphatic carbocycles. The monoisotopic (exact) mass is 508 g/mol. The highest BCUT2D eigenvalue weighted by molar-refractivity contribution is 5.69. The molecule has 0 heterocycles. The van der Waals surface area contributed by atoms with Crippen LogP contribution in [-0.2, 0) is 28.6 Å². The number of methoxy groups -OCH3 is 1. The first-order valence-corrected chi connectivity index (χ1v) is 14.1. The Morgan fingerprint density at radius 1 is 1.00 bits per heavy atom. The summed E-state index contributed by atoms with van der Waals surface area (Å²) in [5.74, 6) is 0.873. The van der Waals surface area contributed by atoms with Crippen LogP contribution in [0.4, 0.5) is 0 Å². The molecule has 7 heteroatoms. The van der Waals surface area contributed by atoms with Crippen molar-refractivity contribution in [1.29, 1.82) is 0 Å². The highest BCUT2D eigenvalue weighted by Gasteiger charge is 2.60. The second-order valence-electron chi connectivity index (χ2n) is 12.2. The molecule has 0 spiro atoms. The minimum absolute atomic E-state index is 0.114. The molecule has 36 heavy (non-hydrogen) atoms. The number of aliphatic hydroxyl groups is 1. The number of rotatable bonds is 6. The topological polar surface area (TPSA) is 99.1 Å². The summed E-state index contributed by atoms with van der Waals surface area (Å²) in [7, 11) is 1.43. The summed E-state index contributed by atoms with van der Waals surface area (Å²) in [6, 6.07) is 0. The number of hydrogen-bond donors (Lipinski definition) is 1. The van der Waals surface area contributed by atoms with Gasteiger partial charge >= 0.3 is 17.9 Å². The fourth-order valence-corrected chi connectivity index (χ4v) is 8.31. The predicted octanol–water partition coefficient (Wildman–Crippen LogP) is 5.07. The maximum absolute atomic E-state index is 12.3. The molecule has 0 aromatic carbocycles. The third-order valence-electron chi connectivity index (χ3n) is 9.84. The van der Waals surface area contributed by atoms with E-state index in [2.05, 4.69) is 20.8 Å². The largest absolute Gasteiger partial charge is 0.469 e. The third kappa shape index (κ3) is 6.43. The molecule has 7 nitrogen and oxygen atoms in total. The molecule has 3 fully saturated rings. The maximum atomic E-state index is 12.3. The van der Waals surface area contributed by atoms with E-state index in [0.717, 1.165) is 51.4 Å². The van der Waals surface area contributed by atoms with Gasteiger partial charge in [-0.3, -0.25) is 14.4 Å². The fraction of sp³-hybridized carbons (Fsp3) is 0.897. The lowest BCUT2D eigenvalue weighted by Gasteiger charge is -2.54. The molecule has 0 aromatic heterocycles. The molecule has 0 aliphatic heterocycles. The van der Waals surface area contributed by atoms with Gasteiger partial charge in [0.15, 0.2) is 0 Å². The van der Waals surface area contributed by atoms with Gasteiger partial charge in [-0.05, 0) is 92.8 Å². The molecule has 0 bridgehead atoms. The van der Waals surface area contributed by atoms with E-state index in [1.165, 1.54) is 21.0 Å². The standard InChI is InChI=1S/C29H48O7/c1-17-14-22(35-19(3)30)9-7-8-21-16-26(32)29(5)23(18(2)10-13-27(33)34-6)11-12-24(29)28(21)25(15-17)36-20(4)31/h17-18,21-26,28,32H,7-16H2,1-6H3/t17-,18?,21-,22+,23+,24-,25+,26-,28+,29+/m0/s1. The van der Waals surface area contributed by atoms with Gasteiger partial charge in [-0.1, -0.05) is 20.8 Å². The quantitative estimate of drug-likeness (QED) is 0.395. The van der Waals surface area contributed by atoms with Crippen LogP contribution in [0, 0.1) is 40.9 Å². The van der Waals surface area contributed by atoms with Gasteiger partial charge in [0.2, 0.25) is 0 Å². The van der Waals surface area contributed by atoms with E-state index in [-0.39, 0.29) is 59.2 Å². The van der Waals surface area contributed by atoms with Crippen LogP contribution in [0.25, 0.3) is 0 Å². The zero-order valence-electron chi connectivity index (χ0n) is 23.2. The number of hydrogen-bond acceptors (Lipinski definition) is 7. The van der Waals surface area contributed by atoms with Crippen LogP contribution in [0.15, 0.2) is 0 Å². The van der Waals surface area contributed by atoms with Gasteiger partial charge in [-0.15, -0.1) is 0 Å². The van der Waals surface area contributed by atoms with Gasteiger partial charge in [-0.2, -0.15) is 0 Å². The van der Waals surface area contributed by atoms with Crippen LogP contribution in [0.3, 0.4) is 0 Å². The Labute approximate surface area is 217 Å². The molecule has 1 N–H and O–H groups in total. The number of carbonyl (C=O) groups is 3. The molecule has 0 radical (unpaired) electrons. The van der Waals surface area contributed by atoms with Crippen LogP contribution in [0.2, 0.25) is 0 Å². The van der Waals surface area contributed by atoms with Crippen LogP contribution in [-0.4, -0.2) is 48.4 Å². The number of fused-ring (bicyclic) bond motifs is 3. The van der Waals surface area contributed by atoms with E-state index in [0.29, 0.717) is 24.7 Å². The van der Waals surface area contributed by atoms with E-state index >= 15 is 0 Å². The van der Waals surface area contributed by atoms with Crippen molar-refractivity contribution in [2.75, 3.05) is 7.11 Å². The highest BCUT2D eigenvalue weighted by Crippen LogP contribution is 2.63. The van der Waals surface area contributed by atoms with Crippen LogP contribution in [0.1, 0.15) is 98.8 Å². The number of carbonyl (C=O) groups excluding carboxylic acids is 3. The molecule has 3 rings (SSSR count). The zero-order valence-corrected chi connectivity index (χ0v) is 23.2. The second-order valence-corrected chi connectivity index (χ2v) is 12.2. The molecule has 0 amide bonds. The van der Waals surface area contributed by atoms with E-state index in [1.807, 2.05) is 0 Å². The molecule has 1 unspecified atom stereocenters. The molecule has 0 saturated heterocycles. The summed E-state index contributed by atoms with van der Waals surface area (Å²) >= 11 is 0. The Morgan fingerprint density at radius 2 is 1.69 bits per heavy atom. The van der Waals surface area contributed by atoms with E-state index in [9.17, 15) is 19.5 Å². The van der Waals surface area contributed by atoms with Crippen molar-refractivity contribution in [3.8, 4) is 0 Å². The van der Waals surface area contributed by atoms with Crippen LogP contribution in [0.5, 0.6) is 0 Å². The van der Waals surface area contributed by atoms with Crippen LogP contribution >= 0.6 is 0 Å². The lowest BCUT2D eigenvalue weighted by Crippen LogP contribution is -2.55. The lowest BCUT2D eigenvalue weighted by atomic mass is 9.52. The second kappa shape index (κ2) is 12.3. The Balaban J connectivity index is 1.88. The number of esters is 3. The van der Waals surface area contributed by atoms with Gasteiger partial charge in [-0.25, -0.2) is 0 Å². The summed E-state index contributed by atoms with van der Waals surface area (Å²) in [5, 5.41) is 11.6. The SMILES string of the molecule is COC(=O)CCC(C)[C@H]1CC[C@H]2[C@H]3[C@@H](CCC[C@@H](OC(C)=O)C[C@H](C)C[C@H]3OC(C)=O)C[C@H](O)[C@]12C. The Bertz CT molecular complexity index is 782. The molecule has 206 valence electrons. The van der Waals surface area contributed by atoms with Gasteiger partial charge < -0.3 is 19.3 Å². The average Bonchev–Trinajstić information content (AvgIpc) is 3.14. The van der Waals surface area contributed by atoms with Crippen molar-refractivity contribution < 1.29 is 33.7 Å². The van der Waals surface area contributed by atoms with Gasteiger partial charge in [0.1, 0.15) is 12.2 Å². The first-order chi connectivity index (χ1) is 17.0. The van der Waals surface area contributed by atoms with Gasteiger partial charge in [0.05, 0.1) is 13.2 Å². The van der Waals surface area contributed by atoms with Crippen molar-refractivity contribution in [3.63, 3.8) is 0 Å². The Kier molecular flexibility index (Phi) is 9.87. The molecule has 3 saturated carbocycles. The zero-order chi connectivity index (χ0) is 26.6. The first-order valence-electron chi connectivity index (χ1n) is 14.1. The lowest BCUT2D eigenvalue weighted by molar-refractivity contribution is -0.171. The minimum Gasteiger partial charge on any atom is -0.469 e. The van der Waals surface area contributed by atoms with E-state index < -0.39 is 6.10 Å². The highest BCUT2D eigenvalue weighted by atomic mass is 16.5. The summed E-state index contributed by atoms with van der Waals surface area (Å²) in [4.78, 5) is 35.7. The summed E-state index contributed by atoms with van der Waals surface area (Å²) in [6.45, 7) is 9.56. The van der Waals surface area contributed by atoms with Crippen molar-refractivity contribution in [3.05, 3.63) is 0 Å². The van der Waals surface area contributed by atoms with Crippen molar-refractivity contribution in [2.45, 2.75) is 117 Å². The van der Waals surface area contributed by atoms with E-state index in [1.54, 1.807) is 0 Å². The molecular weight excluding hydrogens is 460 g/mol. The van der Waals surface area contributed by atoms with Crippen molar-refractivity contribution >= 4 is 17.9 Å². The Hall–Kier alpha value is -1.63. The van der Waals surface area contributed by atoms with Gasteiger partial charge in [0, 0.05) is 26.2 Å². The summed E-state index contributed by atoms with van der Waals surface area (Å²) < 4.78 is 16.5. The van der Waals surface area contributed by atoms with Crippen LogP contribution < -0.4 is 0 Å². The van der Waals surface area contributed by atoms with E-state index in [4.69, 9.17) is 14.2 Å². The van der Waals surface area contributed by atoms with Gasteiger partial charge in [0.25, 0.3) is 0 Å². The molecule has 10 atom stereocenters. The van der Waals surface area contributed by atoms with Crippen molar-refractivity contribution in [1.82, 2.24) is 0 Å². The van der Waals surface area contributed by atoms with Crippen molar-refractivity contribution in [2.24, 2.45) is 40.9 Å². The molecular formula is C29H48O7. The number of aliphatic hydroxyl groups excluding tert-OH is 1. The summed E-state index contributed by atoms with van der Waals surface area (Å²) in [6.07, 6.45) is 7.31. The normalized spacial score (nSPS) is 39.8. The predicted molar refractivity (Wildman–Crippen MR) is 136 cm³/mol. The Morgan fingerprint density at radius 3 is 2.33 bits per heavy atom. The molecule has 0 aromatic rings.